The number of fused-ring (bicyclic) bond motifs is 1. The molecular weight excluding hydrogens is 364 g/mol. The summed E-state index contributed by atoms with van der Waals surface area (Å²) < 4.78 is 5.39. The van der Waals surface area contributed by atoms with Crippen LogP contribution >= 0.6 is 0 Å². The molecule has 4 aromatic rings. The predicted molar refractivity (Wildman–Crippen MR) is 117 cm³/mol. The first-order valence-corrected chi connectivity index (χ1v) is 9.41. The van der Waals surface area contributed by atoms with E-state index in [9.17, 15) is 0 Å². The molecule has 1 heterocycles. The second-order valence-corrected chi connectivity index (χ2v) is 6.49. The average Bonchev–Trinajstić information content (AvgIpc) is 2.78. The van der Waals surface area contributed by atoms with E-state index < -0.39 is 0 Å². The smallest absolute Gasteiger partial charge is 0.227 e. The highest BCUT2D eigenvalue weighted by atomic mass is 16.5. The van der Waals surface area contributed by atoms with E-state index in [1.807, 2.05) is 61.8 Å². The summed E-state index contributed by atoms with van der Waals surface area (Å²) >= 11 is 0. The van der Waals surface area contributed by atoms with Crippen LogP contribution in [0.3, 0.4) is 0 Å². The van der Waals surface area contributed by atoms with Crippen molar-refractivity contribution in [3.63, 3.8) is 0 Å². The summed E-state index contributed by atoms with van der Waals surface area (Å²) in [5.74, 6) is 1.23. The molecule has 0 saturated carbocycles. The summed E-state index contributed by atoms with van der Waals surface area (Å²) in [6.45, 7) is 0.266. The highest BCUT2D eigenvalue weighted by Crippen LogP contribution is 2.29. The van der Waals surface area contributed by atoms with Gasteiger partial charge >= 0.3 is 0 Å². The number of nitrogens with one attached hydrogen (secondary N) is 2. The molecule has 0 radical (unpaired) electrons. The maximum atomic E-state index is 8.84. The van der Waals surface area contributed by atoms with E-state index in [0.29, 0.717) is 11.7 Å². The number of para-hydroxylation sites is 1. The number of benzene rings is 3. The number of rotatable bonds is 7. The van der Waals surface area contributed by atoms with Crippen LogP contribution in [0.15, 0.2) is 72.9 Å². The fourth-order valence-corrected chi connectivity index (χ4v) is 3.12. The van der Waals surface area contributed by atoms with E-state index in [4.69, 9.17) is 14.8 Å². The van der Waals surface area contributed by atoms with Gasteiger partial charge in [0.05, 0.1) is 12.1 Å². The second kappa shape index (κ2) is 8.58. The molecule has 4 rings (SSSR count). The van der Waals surface area contributed by atoms with Gasteiger partial charge in [0, 0.05) is 35.6 Å². The van der Waals surface area contributed by atoms with E-state index in [0.717, 1.165) is 33.4 Å². The summed E-state index contributed by atoms with van der Waals surface area (Å²) in [4.78, 5) is 9.21. The minimum Gasteiger partial charge on any atom is -0.491 e. The van der Waals surface area contributed by atoms with Gasteiger partial charge < -0.3 is 20.5 Å². The van der Waals surface area contributed by atoms with Crippen LogP contribution < -0.4 is 15.4 Å². The SMILES string of the molecule is CNc1cccc(-c2cccc3cnc(Nc4ccc(OCCO)cc4)nc23)c1. The molecule has 0 amide bonds. The molecule has 3 aromatic carbocycles. The molecule has 0 bridgehead atoms. The van der Waals surface area contributed by atoms with Gasteiger partial charge in [-0.05, 0) is 42.0 Å². The lowest BCUT2D eigenvalue weighted by Crippen LogP contribution is -2.02. The van der Waals surface area contributed by atoms with Crippen LogP contribution in [0.5, 0.6) is 5.75 Å². The topological polar surface area (TPSA) is 79.3 Å². The van der Waals surface area contributed by atoms with Gasteiger partial charge in [0.25, 0.3) is 0 Å². The Bertz CT molecular complexity index is 1110. The third-order valence-corrected chi connectivity index (χ3v) is 4.54. The normalized spacial score (nSPS) is 10.7. The van der Waals surface area contributed by atoms with E-state index in [1.165, 1.54) is 0 Å². The zero-order valence-electron chi connectivity index (χ0n) is 16.1. The number of ether oxygens (including phenoxy) is 1. The first-order chi connectivity index (χ1) is 14.3. The maximum Gasteiger partial charge on any atom is 0.227 e. The molecule has 29 heavy (non-hydrogen) atoms. The fraction of sp³-hybridized carbons (Fsp3) is 0.130. The van der Waals surface area contributed by atoms with E-state index in [-0.39, 0.29) is 13.2 Å². The molecule has 0 aliphatic heterocycles. The number of anilines is 3. The zero-order valence-corrected chi connectivity index (χ0v) is 16.1. The summed E-state index contributed by atoms with van der Waals surface area (Å²) in [7, 11) is 1.91. The molecule has 3 N–H and O–H groups in total. The van der Waals surface area contributed by atoms with Crippen molar-refractivity contribution in [1.82, 2.24) is 9.97 Å². The van der Waals surface area contributed by atoms with Gasteiger partial charge in [0.15, 0.2) is 0 Å². The Hall–Kier alpha value is -3.64. The number of aliphatic hydroxyl groups excluding tert-OH is 1. The molecule has 1 aromatic heterocycles. The third kappa shape index (κ3) is 4.28. The lowest BCUT2D eigenvalue weighted by atomic mass is 10.0. The molecule has 0 atom stereocenters. The van der Waals surface area contributed by atoms with Crippen molar-refractivity contribution < 1.29 is 9.84 Å². The molecule has 0 saturated heterocycles. The first-order valence-electron chi connectivity index (χ1n) is 9.41. The Balaban J connectivity index is 1.65. The van der Waals surface area contributed by atoms with Crippen LogP contribution in [-0.4, -0.2) is 35.3 Å². The van der Waals surface area contributed by atoms with Gasteiger partial charge in [-0.25, -0.2) is 9.97 Å². The van der Waals surface area contributed by atoms with Gasteiger partial charge in [-0.2, -0.15) is 0 Å². The first kappa shape index (κ1) is 18.7. The van der Waals surface area contributed by atoms with Crippen molar-refractivity contribution in [2.75, 3.05) is 30.9 Å². The van der Waals surface area contributed by atoms with Crippen LogP contribution in [0.1, 0.15) is 0 Å². The minimum absolute atomic E-state index is 0.00943. The van der Waals surface area contributed by atoms with Crippen LogP contribution in [0.4, 0.5) is 17.3 Å². The highest BCUT2D eigenvalue weighted by molar-refractivity contribution is 5.94. The number of hydrogen-bond donors (Lipinski definition) is 3. The lowest BCUT2D eigenvalue weighted by molar-refractivity contribution is 0.201. The Morgan fingerprint density at radius 2 is 1.79 bits per heavy atom. The molecule has 146 valence electrons. The van der Waals surface area contributed by atoms with Crippen molar-refractivity contribution in [2.45, 2.75) is 0 Å². The van der Waals surface area contributed by atoms with E-state index in [2.05, 4.69) is 33.8 Å². The van der Waals surface area contributed by atoms with Crippen molar-refractivity contribution >= 4 is 28.2 Å². The second-order valence-electron chi connectivity index (χ2n) is 6.49. The molecule has 0 fully saturated rings. The third-order valence-electron chi connectivity index (χ3n) is 4.54. The van der Waals surface area contributed by atoms with E-state index >= 15 is 0 Å². The summed E-state index contributed by atoms with van der Waals surface area (Å²) in [5, 5.41) is 16.2. The molecule has 6 nitrogen and oxygen atoms in total. The van der Waals surface area contributed by atoms with E-state index in [1.54, 1.807) is 0 Å². The summed E-state index contributed by atoms with van der Waals surface area (Å²) in [6, 6.07) is 21.8. The molecule has 0 spiro atoms. The quantitative estimate of drug-likeness (QED) is 0.435. The molecule has 6 heteroatoms. The lowest BCUT2D eigenvalue weighted by Gasteiger charge is -2.11. The fourth-order valence-electron chi connectivity index (χ4n) is 3.12. The molecule has 0 aliphatic rings. The van der Waals surface area contributed by atoms with Crippen LogP contribution in [0.2, 0.25) is 0 Å². The number of aliphatic hydroxyl groups is 1. The Labute approximate surface area is 169 Å². The molecular formula is C23H22N4O2. The summed E-state index contributed by atoms with van der Waals surface area (Å²) in [5.41, 5.74) is 4.95. The summed E-state index contributed by atoms with van der Waals surface area (Å²) in [6.07, 6.45) is 1.83. The largest absolute Gasteiger partial charge is 0.491 e. The van der Waals surface area contributed by atoms with Crippen LogP contribution in [-0.2, 0) is 0 Å². The maximum absolute atomic E-state index is 8.84. The van der Waals surface area contributed by atoms with Gasteiger partial charge in [-0.15, -0.1) is 0 Å². The highest BCUT2D eigenvalue weighted by Gasteiger charge is 2.08. The van der Waals surface area contributed by atoms with Crippen molar-refractivity contribution in [3.05, 3.63) is 72.9 Å². The van der Waals surface area contributed by atoms with Gasteiger partial charge in [-0.1, -0.05) is 30.3 Å². The Morgan fingerprint density at radius 3 is 2.59 bits per heavy atom. The van der Waals surface area contributed by atoms with Crippen LogP contribution in [0, 0.1) is 0 Å². The predicted octanol–water partition coefficient (Wildman–Crippen LogP) is 4.45. The van der Waals surface area contributed by atoms with Gasteiger partial charge in [-0.3, -0.25) is 0 Å². The average molecular weight is 386 g/mol. The Morgan fingerprint density at radius 1 is 0.966 bits per heavy atom. The minimum atomic E-state index is -0.00943. The zero-order chi connectivity index (χ0) is 20.1. The number of nitrogens with zero attached hydrogens (tertiary/aromatic N) is 2. The Kier molecular flexibility index (Phi) is 5.54. The van der Waals surface area contributed by atoms with Crippen molar-refractivity contribution in [1.29, 1.82) is 0 Å². The van der Waals surface area contributed by atoms with Crippen molar-refractivity contribution in [2.24, 2.45) is 0 Å². The standard InChI is InChI=1S/C23H22N4O2/c1-24-19-6-2-4-16(14-19)21-7-3-5-17-15-25-23(27-22(17)21)26-18-8-10-20(11-9-18)29-13-12-28/h2-11,14-15,24,28H,12-13H2,1H3,(H,25,26,27). The number of aromatic nitrogens is 2. The molecule has 0 aliphatic carbocycles. The van der Waals surface area contributed by atoms with Crippen molar-refractivity contribution in [3.8, 4) is 16.9 Å². The van der Waals surface area contributed by atoms with Gasteiger partial charge in [0.1, 0.15) is 12.4 Å². The van der Waals surface area contributed by atoms with Gasteiger partial charge in [0.2, 0.25) is 5.95 Å². The monoisotopic (exact) mass is 386 g/mol. The molecule has 0 unspecified atom stereocenters. The number of hydrogen-bond acceptors (Lipinski definition) is 6. The van der Waals surface area contributed by atoms with Crippen LogP contribution in [0.25, 0.3) is 22.0 Å².